The summed E-state index contributed by atoms with van der Waals surface area (Å²) in [5.74, 6) is -0.0234. The first-order chi connectivity index (χ1) is 11.6. The molecular formula is C16H11BrFN3OS2. The van der Waals surface area contributed by atoms with Crippen molar-refractivity contribution in [2.75, 3.05) is 5.32 Å². The Hall–Kier alpha value is -1.77. The molecule has 4 nitrogen and oxygen atoms in total. The molecular weight excluding hydrogens is 413 g/mol. The van der Waals surface area contributed by atoms with Gasteiger partial charge in [-0.05, 0) is 35.9 Å². The fourth-order valence-corrected chi connectivity index (χ4v) is 3.84. The van der Waals surface area contributed by atoms with E-state index in [0.29, 0.717) is 26.4 Å². The average molecular weight is 424 g/mol. The molecule has 0 bridgehead atoms. The summed E-state index contributed by atoms with van der Waals surface area (Å²) in [4.78, 5) is 12.1. The van der Waals surface area contributed by atoms with Crippen LogP contribution in [0.3, 0.4) is 0 Å². The lowest BCUT2D eigenvalue weighted by Gasteiger charge is -2.01. The first kappa shape index (κ1) is 17.1. The van der Waals surface area contributed by atoms with Crippen molar-refractivity contribution in [3.63, 3.8) is 0 Å². The van der Waals surface area contributed by atoms with Gasteiger partial charge in [0.05, 0.1) is 0 Å². The number of nitrogens with one attached hydrogen (secondary N) is 1. The van der Waals surface area contributed by atoms with Gasteiger partial charge < -0.3 is 0 Å². The molecule has 0 saturated heterocycles. The monoisotopic (exact) mass is 423 g/mol. The van der Waals surface area contributed by atoms with Gasteiger partial charge in [-0.25, -0.2) is 4.39 Å². The first-order valence-electron chi connectivity index (χ1n) is 6.88. The third kappa shape index (κ3) is 4.40. The van der Waals surface area contributed by atoms with Gasteiger partial charge in [-0.15, -0.1) is 10.2 Å². The minimum atomic E-state index is -0.246. The quantitative estimate of drug-likeness (QED) is 0.464. The first-order valence-corrected chi connectivity index (χ1v) is 9.48. The van der Waals surface area contributed by atoms with Crippen LogP contribution in [-0.4, -0.2) is 16.1 Å². The number of benzene rings is 2. The van der Waals surface area contributed by atoms with Crippen molar-refractivity contribution in [1.82, 2.24) is 10.2 Å². The Balaban J connectivity index is 1.60. The summed E-state index contributed by atoms with van der Waals surface area (Å²) < 4.78 is 15.2. The van der Waals surface area contributed by atoms with E-state index in [1.807, 2.05) is 0 Å². The number of rotatable bonds is 5. The van der Waals surface area contributed by atoms with Crippen LogP contribution in [0.4, 0.5) is 9.52 Å². The zero-order valence-corrected chi connectivity index (χ0v) is 15.4. The van der Waals surface area contributed by atoms with E-state index >= 15 is 0 Å². The number of nitrogens with zero attached hydrogens (tertiary/aromatic N) is 2. The highest BCUT2D eigenvalue weighted by Gasteiger charge is 2.11. The van der Waals surface area contributed by atoms with Gasteiger partial charge in [-0.1, -0.05) is 57.2 Å². The summed E-state index contributed by atoms with van der Waals surface area (Å²) in [6.07, 6.45) is 0. The second kappa shape index (κ2) is 7.87. The van der Waals surface area contributed by atoms with Crippen LogP contribution < -0.4 is 5.32 Å². The predicted molar refractivity (Wildman–Crippen MR) is 98.0 cm³/mol. The SMILES string of the molecule is O=C(Nc1nnc(SCc2ccccc2F)s1)c1ccc(Br)cc1. The largest absolute Gasteiger partial charge is 0.296 e. The number of amides is 1. The van der Waals surface area contributed by atoms with Crippen molar-refractivity contribution in [2.45, 2.75) is 10.1 Å². The zero-order chi connectivity index (χ0) is 16.9. The summed E-state index contributed by atoms with van der Waals surface area (Å²) in [7, 11) is 0. The molecule has 0 unspecified atom stereocenters. The second-order valence-electron chi connectivity index (χ2n) is 4.71. The van der Waals surface area contributed by atoms with E-state index in [4.69, 9.17) is 0 Å². The van der Waals surface area contributed by atoms with Crippen LogP contribution >= 0.6 is 39.0 Å². The van der Waals surface area contributed by atoms with Gasteiger partial charge in [0.15, 0.2) is 4.34 Å². The Bertz CT molecular complexity index is 855. The van der Waals surface area contributed by atoms with E-state index in [1.165, 1.54) is 29.2 Å². The number of thioether (sulfide) groups is 1. The van der Waals surface area contributed by atoms with E-state index in [2.05, 4.69) is 31.4 Å². The molecule has 0 aliphatic heterocycles. The maximum absolute atomic E-state index is 13.6. The van der Waals surface area contributed by atoms with E-state index in [0.717, 1.165) is 4.47 Å². The molecule has 0 fully saturated rings. The van der Waals surface area contributed by atoms with Crippen LogP contribution in [0, 0.1) is 5.82 Å². The van der Waals surface area contributed by atoms with E-state index < -0.39 is 0 Å². The second-order valence-corrected chi connectivity index (χ2v) is 7.83. The highest BCUT2D eigenvalue weighted by atomic mass is 79.9. The number of carbonyl (C=O) groups excluding carboxylic acids is 1. The zero-order valence-electron chi connectivity index (χ0n) is 12.2. The molecule has 2 aromatic carbocycles. The number of hydrogen-bond acceptors (Lipinski definition) is 5. The van der Waals surface area contributed by atoms with Gasteiger partial charge in [-0.3, -0.25) is 10.1 Å². The standard InChI is InChI=1S/C16H11BrFN3OS2/c17-12-7-5-10(6-8-12)14(22)19-15-20-21-16(24-15)23-9-11-3-1-2-4-13(11)18/h1-8H,9H2,(H,19,20,22). The van der Waals surface area contributed by atoms with Gasteiger partial charge in [0, 0.05) is 15.8 Å². The Labute approximate surface area is 154 Å². The minimum absolute atomic E-state index is 0.238. The number of halogens is 2. The third-order valence-electron chi connectivity index (χ3n) is 3.04. The normalized spacial score (nSPS) is 10.6. The van der Waals surface area contributed by atoms with Crippen LogP contribution in [0.15, 0.2) is 57.3 Å². The smallest absolute Gasteiger partial charge is 0.257 e. The Morgan fingerprint density at radius 3 is 2.67 bits per heavy atom. The van der Waals surface area contributed by atoms with Crippen LogP contribution in [0.1, 0.15) is 15.9 Å². The molecule has 3 aromatic rings. The Kier molecular flexibility index (Phi) is 5.60. The summed E-state index contributed by atoms with van der Waals surface area (Å²) >= 11 is 5.97. The lowest BCUT2D eigenvalue weighted by molar-refractivity contribution is 0.102. The van der Waals surface area contributed by atoms with Crippen LogP contribution in [0.5, 0.6) is 0 Å². The van der Waals surface area contributed by atoms with Gasteiger partial charge in [0.2, 0.25) is 5.13 Å². The van der Waals surface area contributed by atoms with Gasteiger partial charge in [0.1, 0.15) is 5.82 Å². The summed E-state index contributed by atoms with van der Waals surface area (Å²) in [6, 6.07) is 13.6. The van der Waals surface area contributed by atoms with Crippen LogP contribution in [-0.2, 0) is 5.75 Å². The third-order valence-corrected chi connectivity index (χ3v) is 5.59. The molecule has 24 heavy (non-hydrogen) atoms. The molecule has 3 rings (SSSR count). The molecule has 0 spiro atoms. The van der Waals surface area contributed by atoms with Crippen molar-refractivity contribution < 1.29 is 9.18 Å². The number of hydrogen-bond donors (Lipinski definition) is 1. The summed E-state index contributed by atoms with van der Waals surface area (Å²) in [6.45, 7) is 0. The molecule has 0 aliphatic rings. The maximum Gasteiger partial charge on any atom is 0.257 e. The summed E-state index contributed by atoms with van der Waals surface area (Å²) in [5, 5.41) is 11.1. The van der Waals surface area contributed by atoms with Gasteiger partial charge in [0.25, 0.3) is 5.91 Å². The molecule has 1 aromatic heterocycles. The molecule has 8 heteroatoms. The molecule has 0 atom stereocenters. The van der Waals surface area contributed by atoms with Gasteiger partial charge >= 0.3 is 0 Å². The van der Waals surface area contributed by atoms with Crippen molar-refractivity contribution in [3.8, 4) is 0 Å². The van der Waals surface area contributed by atoms with Crippen molar-refractivity contribution >= 4 is 50.1 Å². The number of aromatic nitrogens is 2. The Morgan fingerprint density at radius 2 is 1.92 bits per heavy atom. The van der Waals surface area contributed by atoms with Crippen LogP contribution in [0.2, 0.25) is 0 Å². The molecule has 0 radical (unpaired) electrons. The molecule has 1 heterocycles. The molecule has 1 amide bonds. The van der Waals surface area contributed by atoms with Gasteiger partial charge in [-0.2, -0.15) is 0 Å². The van der Waals surface area contributed by atoms with Crippen molar-refractivity contribution in [3.05, 3.63) is 69.9 Å². The molecule has 0 aliphatic carbocycles. The van der Waals surface area contributed by atoms with E-state index in [-0.39, 0.29) is 11.7 Å². The van der Waals surface area contributed by atoms with Crippen molar-refractivity contribution in [1.29, 1.82) is 0 Å². The van der Waals surface area contributed by atoms with Crippen molar-refractivity contribution in [2.24, 2.45) is 0 Å². The maximum atomic E-state index is 13.6. The molecule has 0 saturated carbocycles. The average Bonchev–Trinajstić information content (AvgIpc) is 3.02. The van der Waals surface area contributed by atoms with E-state index in [1.54, 1.807) is 42.5 Å². The molecule has 122 valence electrons. The van der Waals surface area contributed by atoms with E-state index in [9.17, 15) is 9.18 Å². The number of carbonyl (C=O) groups is 1. The Morgan fingerprint density at radius 1 is 1.17 bits per heavy atom. The fourth-order valence-electron chi connectivity index (χ4n) is 1.84. The lowest BCUT2D eigenvalue weighted by atomic mass is 10.2. The predicted octanol–water partition coefficient (Wildman–Crippen LogP) is 4.98. The molecule has 1 N–H and O–H groups in total. The fraction of sp³-hybridized carbons (Fsp3) is 0.0625. The minimum Gasteiger partial charge on any atom is -0.296 e. The summed E-state index contributed by atoms with van der Waals surface area (Å²) in [5.41, 5.74) is 1.15. The highest BCUT2D eigenvalue weighted by molar-refractivity contribution is 9.10. The topological polar surface area (TPSA) is 54.9 Å². The highest BCUT2D eigenvalue weighted by Crippen LogP contribution is 2.29. The number of anilines is 1. The lowest BCUT2D eigenvalue weighted by Crippen LogP contribution is -2.11. The van der Waals surface area contributed by atoms with Crippen LogP contribution in [0.25, 0.3) is 0 Å².